The maximum atomic E-state index is 13.8. The van der Waals surface area contributed by atoms with Crippen molar-refractivity contribution >= 4 is 23.5 Å². The van der Waals surface area contributed by atoms with E-state index in [0.717, 1.165) is 18.2 Å². The van der Waals surface area contributed by atoms with Gasteiger partial charge >= 0.3 is 17.8 Å². The zero-order valence-electron chi connectivity index (χ0n) is 11.2. The average Bonchev–Trinajstić information content (AvgIpc) is 2.66. The summed E-state index contributed by atoms with van der Waals surface area (Å²) in [6.45, 7) is 2.48. The second kappa shape index (κ2) is 5.72. The lowest BCUT2D eigenvalue weighted by Gasteiger charge is -2.14. The van der Waals surface area contributed by atoms with E-state index in [1.807, 2.05) is 0 Å². The molecule has 1 aliphatic rings. The number of urea groups is 1. The first kappa shape index (κ1) is 15.3. The van der Waals surface area contributed by atoms with Crippen molar-refractivity contribution in [3.63, 3.8) is 0 Å². The smallest absolute Gasteiger partial charge is 0.263 e. The van der Waals surface area contributed by atoms with Crippen LogP contribution in [0.5, 0.6) is 0 Å². The van der Waals surface area contributed by atoms with Crippen LogP contribution >= 0.6 is 0 Å². The number of rotatable bonds is 5. The molecule has 0 atom stereocenters. The zero-order valence-corrected chi connectivity index (χ0v) is 11.2. The standard InChI is InChI=1S/C13H10FN3O5/c1-2-6-15-11(18)12(19)16(13(15)20)7-8-9(14)4-3-5-10(8)17(21)22/h2-5H,1,6-7H2. The molecule has 1 saturated heterocycles. The molecule has 1 aliphatic heterocycles. The van der Waals surface area contributed by atoms with Crippen molar-refractivity contribution < 1.29 is 23.7 Å². The minimum atomic E-state index is -1.16. The first-order valence-corrected chi connectivity index (χ1v) is 6.08. The molecule has 1 aromatic rings. The van der Waals surface area contributed by atoms with Crippen LogP contribution in [0.3, 0.4) is 0 Å². The molecule has 0 spiro atoms. The van der Waals surface area contributed by atoms with E-state index in [9.17, 15) is 28.9 Å². The minimum Gasteiger partial charge on any atom is -0.263 e. The Morgan fingerprint density at radius 2 is 1.86 bits per heavy atom. The Morgan fingerprint density at radius 3 is 2.45 bits per heavy atom. The van der Waals surface area contributed by atoms with Crippen LogP contribution in [-0.4, -0.2) is 39.1 Å². The molecule has 1 heterocycles. The molecule has 8 nitrogen and oxygen atoms in total. The lowest BCUT2D eigenvalue weighted by atomic mass is 10.1. The van der Waals surface area contributed by atoms with Gasteiger partial charge < -0.3 is 0 Å². The van der Waals surface area contributed by atoms with Gasteiger partial charge in [0.15, 0.2) is 0 Å². The fraction of sp³-hybridized carbons (Fsp3) is 0.154. The summed E-state index contributed by atoms with van der Waals surface area (Å²) in [5, 5.41) is 10.9. The van der Waals surface area contributed by atoms with Gasteiger partial charge in [-0.2, -0.15) is 0 Å². The van der Waals surface area contributed by atoms with Gasteiger partial charge in [0.25, 0.3) is 5.69 Å². The second-order valence-corrected chi connectivity index (χ2v) is 4.37. The summed E-state index contributed by atoms with van der Waals surface area (Å²) in [7, 11) is 0. The summed E-state index contributed by atoms with van der Waals surface area (Å²) in [6, 6.07) is 2.19. The van der Waals surface area contributed by atoms with Gasteiger partial charge in [0, 0.05) is 12.6 Å². The molecule has 0 unspecified atom stereocenters. The molecule has 1 fully saturated rings. The highest BCUT2D eigenvalue weighted by Gasteiger charge is 2.44. The predicted molar refractivity (Wildman–Crippen MR) is 70.9 cm³/mol. The Labute approximate surface area is 123 Å². The third kappa shape index (κ3) is 2.43. The van der Waals surface area contributed by atoms with Crippen molar-refractivity contribution in [2.24, 2.45) is 0 Å². The average molecular weight is 307 g/mol. The van der Waals surface area contributed by atoms with Gasteiger partial charge in [0.1, 0.15) is 5.82 Å². The fourth-order valence-corrected chi connectivity index (χ4v) is 2.01. The number of amides is 4. The Bertz CT molecular complexity index is 703. The topological polar surface area (TPSA) is 101 Å². The van der Waals surface area contributed by atoms with Crippen LogP contribution < -0.4 is 0 Å². The van der Waals surface area contributed by atoms with E-state index in [1.165, 1.54) is 6.08 Å². The summed E-state index contributed by atoms with van der Waals surface area (Å²) < 4.78 is 13.8. The summed E-state index contributed by atoms with van der Waals surface area (Å²) in [5.74, 6) is -3.18. The molecule has 0 bridgehead atoms. The number of hydrogen-bond donors (Lipinski definition) is 0. The minimum absolute atomic E-state index is 0.181. The number of benzene rings is 1. The molecule has 0 radical (unpaired) electrons. The van der Waals surface area contributed by atoms with Crippen molar-refractivity contribution in [1.82, 2.24) is 9.80 Å². The number of carbonyl (C=O) groups excluding carboxylic acids is 3. The second-order valence-electron chi connectivity index (χ2n) is 4.37. The van der Waals surface area contributed by atoms with Gasteiger partial charge in [0.2, 0.25) is 0 Å². The highest BCUT2D eigenvalue weighted by atomic mass is 19.1. The van der Waals surface area contributed by atoms with E-state index in [4.69, 9.17) is 0 Å². The number of carbonyl (C=O) groups is 3. The van der Waals surface area contributed by atoms with Crippen LogP contribution in [0.15, 0.2) is 30.9 Å². The molecule has 0 N–H and O–H groups in total. The normalized spacial score (nSPS) is 14.7. The van der Waals surface area contributed by atoms with Crippen LogP contribution in [0.25, 0.3) is 0 Å². The third-order valence-electron chi connectivity index (χ3n) is 3.05. The van der Waals surface area contributed by atoms with Crippen LogP contribution in [0.2, 0.25) is 0 Å². The Morgan fingerprint density at radius 1 is 1.23 bits per heavy atom. The van der Waals surface area contributed by atoms with Crippen LogP contribution in [0, 0.1) is 15.9 Å². The largest absolute Gasteiger partial charge is 0.334 e. The Balaban J connectivity index is 2.38. The van der Waals surface area contributed by atoms with Gasteiger partial charge in [-0.25, -0.2) is 9.18 Å². The van der Waals surface area contributed by atoms with Gasteiger partial charge in [-0.3, -0.25) is 29.5 Å². The molecule has 2 rings (SSSR count). The van der Waals surface area contributed by atoms with Gasteiger partial charge in [-0.05, 0) is 6.07 Å². The van der Waals surface area contributed by atoms with Crippen molar-refractivity contribution in [3.05, 3.63) is 52.3 Å². The number of imide groups is 2. The monoisotopic (exact) mass is 307 g/mol. The molecular weight excluding hydrogens is 297 g/mol. The number of nitrogens with zero attached hydrogens (tertiary/aromatic N) is 3. The summed E-state index contributed by atoms with van der Waals surface area (Å²) in [6.07, 6.45) is 1.25. The fourth-order valence-electron chi connectivity index (χ4n) is 2.01. The summed E-state index contributed by atoms with van der Waals surface area (Å²) in [5.41, 5.74) is -1.02. The van der Waals surface area contributed by atoms with Crippen LogP contribution in [-0.2, 0) is 16.1 Å². The van der Waals surface area contributed by atoms with Crippen molar-refractivity contribution in [1.29, 1.82) is 0 Å². The molecule has 1 aromatic carbocycles. The maximum absolute atomic E-state index is 13.8. The van der Waals surface area contributed by atoms with E-state index in [0.29, 0.717) is 9.80 Å². The van der Waals surface area contributed by atoms with Crippen LogP contribution in [0.4, 0.5) is 14.9 Å². The van der Waals surface area contributed by atoms with Gasteiger partial charge in [-0.1, -0.05) is 12.1 Å². The number of halogens is 1. The lowest BCUT2D eigenvalue weighted by molar-refractivity contribution is -0.385. The molecule has 0 aliphatic carbocycles. The van der Waals surface area contributed by atoms with Crippen molar-refractivity contribution in [2.45, 2.75) is 6.54 Å². The van der Waals surface area contributed by atoms with E-state index in [1.54, 1.807) is 0 Å². The number of nitro benzene ring substituents is 1. The molecule has 114 valence electrons. The zero-order chi connectivity index (χ0) is 16.4. The van der Waals surface area contributed by atoms with Gasteiger partial charge in [-0.15, -0.1) is 6.58 Å². The SMILES string of the molecule is C=CCN1C(=O)C(=O)N(Cc2c(F)cccc2[N+](=O)[O-])C1=O. The molecule has 4 amide bonds. The molecular formula is C13H10FN3O5. The third-order valence-corrected chi connectivity index (χ3v) is 3.05. The molecule has 22 heavy (non-hydrogen) atoms. The van der Waals surface area contributed by atoms with E-state index >= 15 is 0 Å². The highest BCUT2D eigenvalue weighted by molar-refractivity contribution is 6.44. The van der Waals surface area contributed by atoms with E-state index < -0.39 is 46.4 Å². The van der Waals surface area contributed by atoms with Crippen molar-refractivity contribution in [2.75, 3.05) is 6.54 Å². The number of nitro groups is 1. The van der Waals surface area contributed by atoms with Crippen LogP contribution in [0.1, 0.15) is 5.56 Å². The Hall–Kier alpha value is -3.10. The quantitative estimate of drug-likeness (QED) is 0.267. The lowest BCUT2D eigenvalue weighted by Crippen LogP contribution is -2.33. The van der Waals surface area contributed by atoms with Gasteiger partial charge in [0.05, 0.1) is 17.0 Å². The molecule has 0 aromatic heterocycles. The highest BCUT2D eigenvalue weighted by Crippen LogP contribution is 2.25. The summed E-state index contributed by atoms with van der Waals surface area (Å²) in [4.78, 5) is 46.6. The maximum Gasteiger partial charge on any atom is 0.334 e. The van der Waals surface area contributed by atoms with E-state index in [2.05, 4.69) is 6.58 Å². The Kier molecular flexibility index (Phi) is 3.97. The summed E-state index contributed by atoms with van der Waals surface area (Å²) >= 11 is 0. The van der Waals surface area contributed by atoms with E-state index in [-0.39, 0.29) is 6.54 Å². The molecule has 0 saturated carbocycles. The molecule has 9 heteroatoms. The first-order chi connectivity index (χ1) is 10.4. The number of hydrogen-bond acceptors (Lipinski definition) is 5. The van der Waals surface area contributed by atoms with Crippen molar-refractivity contribution in [3.8, 4) is 0 Å². The predicted octanol–water partition coefficient (Wildman–Crippen LogP) is 1.21. The first-order valence-electron chi connectivity index (χ1n) is 6.08.